The van der Waals surface area contributed by atoms with E-state index in [1.54, 1.807) is 27.6 Å². The zero-order valence-corrected chi connectivity index (χ0v) is 26.1. The Morgan fingerprint density at radius 3 is 2.26 bits per heavy atom. The van der Waals surface area contributed by atoms with E-state index in [2.05, 4.69) is 88.5 Å². The van der Waals surface area contributed by atoms with Gasteiger partial charge in [-0.05, 0) is 41.3 Å². The fraction of sp³-hybridized carbons (Fsp3) is 0.257. The van der Waals surface area contributed by atoms with Crippen LogP contribution in [-0.4, -0.2) is 66.4 Å². The number of hydrogen-bond donors (Lipinski definition) is 1. The van der Waals surface area contributed by atoms with Gasteiger partial charge in [-0.15, -0.1) is 0 Å². The molecule has 0 spiro atoms. The molecule has 6 aromatic rings. The number of anilines is 1. The molecule has 0 atom stereocenters. The van der Waals surface area contributed by atoms with Crippen molar-refractivity contribution in [3.63, 3.8) is 0 Å². The van der Waals surface area contributed by atoms with Crippen molar-refractivity contribution in [1.82, 2.24) is 34.3 Å². The predicted molar refractivity (Wildman–Crippen MR) is 176 cm³/mol. The molecule has 0 radical (unpaired) electrons. The number of benzene rings is 1. The molecule has 0 bridgehead atoms. The van der Waals surface area contributed by atoms with Crippen molar-refractivity contribution in [3.05, 3.63) is 96.8 Å². The maximum atomic E-state index is 12.6. The Hall–Kier alpha value is -5.94. The first-order valence-corrected chi connectivity index (χ1v) is 15.1. The van der Waals surface area contributed by atoms with Crippen LogP contribution in [0.1, 0.15) is 38.3 Å². The van der Waals surface area contributed by atoms with E-state index >= 15 is 0 Å². The SMILES string of the molecule is CC(C)(C)CC(=O)N1CCN(c2ccc(-c3cc(-c4cn[nH]c4)cn4ncc(C#N)c34)cc2)CC1.N#Cc1cnn2ccccc12. The van der Waals surface area contributed by atoms with Gasteiger partial charge in [0, 0.05) is 73.6 Å². The second-order valence-electron chi connectivity index (χ2n) is 12.4. The summed E-state index contributed by atoms with van der Waals surface area (Å²) >= 11 is 0. The van der Waals surface area contributed by atoms with E-state index in [-0.39, 0.29) is 11.3 Å². The summed E-state index contributed by atoms with van der Waals surface area (Å²) in [6.45, 7) is 9.42. The van der Waals surface area contributed by atoms with Crippen LogP contribution < -0.4 is 4.90 Å². The molecule has 1 amide bonds. The highest BCUT2D eigenvalue weighted by Crippen LogP contribution is 2.33. The Morgan fingerprint density at radius 1 is 0.870 bits per heavy atom. The Kier molecular flexibility index (Phi) is 8.23. The molecule has 1 aliphatic heterocycles. The van der Waals surface area contributed by atoms with Crippen molar-refractivity contribution in [2.45, 2.75) is 27.2 Å². The third kappa shape index (κ3) is 6.30. The summed E-state index contributed by atoms with van der Waals surface area (Å²) in [5, 5.41) is 33.6. The molecule has 11 nitrogen and oxygen atoms in total. The molecule has 46 heavy (non-hydrogen) atoms. The zero-order valence-electron chi connectivity index (χ0n) is 26.1. The molecule has 1 saturated heterocycles. The number of carbonyl (C=O) groups is 1. The van der Waals surface area contributed by atoms with Crippen LogP contribution in [0.5, 0.6) is 0 Å². The van der Waals surface area contributed by atoms with Crippen LogP contribution >= 0.6 is 0 Å². The summed E-state index contributed by atoms with van der Waals surface area (Å²) in [5.74, 6) is 0.239. The summed E-state index contributed by atoms with van der Waals surface area (Å²) in [6, 6.07) is 20.5. The summed E-state index contributed by atoms with van der Waals surface area (Å²) in [4.78, 5) is 16.9. The lowest BCUT2D eigenvalue weighted by molar-refractivity contribution is -0.133. The number of aromatic nitrogens is 6. The number of aromatic amines is 1. The van der Waals surface area contributed by atoms with Gasteiger partial charge in [0.25, 0.3) is 0 Å². The molecule has 0 aliphatic carbocycles. The molecule has 1 N–H and O–H groups in total. The maximum Gasteiger partial charge on any atom is 0.223 e. The molecule has 0 saturated carbocycles. The van der Waals surface area contributed by atoms with Crippen molar-refractivity contribution in [1.29, 1.82) is 10.5 Å². The molecule has 1 fully saturated rings. The zero-order chi connectivity index (χ0) is 32.3. The number of amides is 1. The first kappa shape index (κ1) is 30.1. The van der Waals surface area contributed by atoms with E-state index < -0.39 is 0 Å². The van der Waals surface area contributed by atoms with Crippen molar-refractivity contribution in [2.75, 3.05) is 31.1 Å². The number of carbonyl (C=O) groups excluding carboxylic acids is 1. The lowest BCUT2D eigenvalue weighted by atomic mass is 9.91. The number of fused-ring (bicyclic) bond motifs is 2. The highest BCUT2D eigenvalue weighted by atomic mass is 16.2. The van der Waals surface area contributed by atoms with Gasteiger partial charge in [-0.3, -0.25) is 9.89 Å². The maximum absolute atomic E-state index is 12.6. The standard InChI is InChI=1S/C27H29N7O.C8H5N3/c1-27(2,3)13-25(35)33-10-8-32(9-11-33)23-6-4-19(5-7-23)24-12-20(22-15-29-30-16-22)18-34-26(24)21(14-28)17-31-34;9-5-7-6-10-11-4-2-1-3-8(7)11/h4-7,12,15-18H,8-11,13H2,1-3H3,(H,29,30);1-4,6H. The number of H-pyrrole nitrogens is 1. The summed E-state index contributed by atoms with van der Waals surface area (Å²) in [7, 11) is 0. The van der Waals surface area contributed by atoms with Crippen LogP contribution in [0.2, 0.25) is 0 Å². The monoisotopic (exact) mass is 610 g/mol. The minimum atomic E-state index is 0.00526. The van der Waals surface area contributed by atoms with Gasteiger partial charge in [-0.25, -0.2) is 9.03 Å². The van der Waals surface area contributed by atoms with Crippen molar-refractivity contribution in [2.24, 2.45) is 5.41 Å². The normalized spacial score (nSPS) is 13.2. The molecule has 11 heteroatoms. The molecule has 1 aromatic carbocycles. The van der Waals surface area contributed by atoms with Crippen LogP contribution in [-0.2, 0) is 4.79 Å². The first-order valence-electron chi connectivity index (χ1n) is 15.1. The van der Waals surface area contributed by atoms with Crippen molar-refractivity contribution in [3.8, 4) is 34.4 Å². The topological polar surface area (TPSA) is 134 Å². The summed E-state index contributed by atoms with van der Waals surface area (Å²) in [6.07, 6.45) is 11.1. The number of piperazine rings is 1. The molecular weight excluding hydrogens is 576 g/mol. The third-order valence-corrected chi connectivity index (χ3v) is 7.97. The molecular formula is C35H34N10O. The highest BCUT2D eigenvalue weighted by molar-refractivity contribution is 5.88. The number of nitrogens with one attached hydrogen (secondary N) is 1. The van der Waals surface area contributed by atoms with Crippen molar-refractivity contribution < 1.29 is 4.79 Å². The minimum Gasteiger partial charge on any atom is -0.368 e. The molecule has 5 aromatic heterocycles. The quantitative estimate of drug-likeness (QED) is 0.276. The van der Waals surface area contributed by atoms with Gasteiger partial charge in [-0.1, -0.05) is 39.0 Å². The fourth-order valence-corrected chi connectivity index (χ4v) is 5.64. The Bertz CT molecular complexity index is 2060. The van der Waals surface area contributed by atoms with E-state index in [1.165, 1.54) is 0 Å². The van der Waals surface area contributed by atoms with Gasteiger partial charge in [0.05, 0.1) is 40.8 Å². The van der Waals surface area contributed by atoms with Gasteiger partial charge in [0.1, 0.15) is 12.1 Å². The fourth-order valence-electron chi connectivity index (χ4n) is 5.64. The number of rotatable bonds is 4. The minimum absolute atomic E-state index is 0.00526. The second-order valence-corrected chi connectivity index (χ2v) is 12.4. The highest BCUT2D eigenvalue weighted by Gasteiger charge is 2.25. The molecule has 1 aliphatic rings. The molecule has 7 rings (SSSR count). The molecule has 6 heterocycles. The molecule has 0 unspecified atom stereocenters. The van der Waals surface area contributed by atoms with Crippen LogP contribution in [0.4, 0.5) is 5.69 Å². The summed E-state index contributed by atoms with van der Waals surface area (Å²) in [5.41, 5.74) is 7.82. The van der Waals surface area contributed by atoms with Crippen LogP contribution in [0.3, 0.4) is 0 Å². The average molecular weight is 611 g/mol. The Balaban J connectivity index is 0.000000283. The summed E-state index contributed by atoms with van der Waals surface area (Å²) < 4.78 is 3.44. The van der Waals surface area contributed by atoms with Gasteiger partial charge in [0.2, 0.25) is 5.91 Å². The van der Waals surface area contributed by atoms with Gasteiger partial charge in [-0.2, -0.15) is 25.8 Å². The van der Waals surface area contributed by atoms with Gasteiger partial charge in [0.15, 0.2) is 0 Å². The van der Waals surface area contributed by atoms with Crippen LogP contribution in [0.25, 0.3) is 33.3 Å². The lowest BCUT2D eigenvalue weighted by Gasteiger charge is -2.37. The predicted octanol–water partition coefficient (Wildman–Crippen LogP) is 5.55. The van der Waals surface area contributed by atoms with Crippen LogP contribution in [0, 0.1) is 28.1 Å². The van der Waals surface area contributed by atoms with E-state index in [0.29, 0.717) is 17.5 Å². The third-order valence-electron chi connectivity index (χ3n) is 7.97. The largest absolute Gasteiger partial charge is 0.368 e. The smallest absolute Gasteiger partial charge is 0.223 e. The number of pyridine rings is 2. The lowest BCUT2D eigenvalue weighted by Crippen LogP contribution is -2.49. The second kappa shape index (κ2) is 12.6. The van der Waals surface area contributed by atoms with E-state index in [1.807, 2.05) is 41.7 Å². The number of nitriles is 2. The van der Waals surface area contributed by atoms with E-state index in [9.17, 15) is 10.1 Å². The average Bonchev–Trinajstić information content (AvgIpc) is 3.84. The Labute approximate surface area is 266 Å². The Morgan fingerprint density at radius 2 is 1.59 bits per heavy atom. The van der Waals surface area contributed by atoms with Crippen LogP contribution in [0.15, 0.2) is 85.7 Å². The molecule has 230 valence electrons. The van der Waals surface area contributed by atoms with Gasteiger partial charge < -0.3 is 9.80 Å². The number of nitrogens with zero attached hydrogens (tertiary/aromatic N) is 9. The van der Waals surface area contributed by atoms with Crippen molar-refractivity contribution >= 4 is 22.6 Å². The van der Waals surface area contributed by atoms with E-state index in [4.69, 9.17) is 5.26 Å². The first-order chi connectivity index (χ1) is 22.2. The number of hydrogen-bond acceptors (Lipinski definition) is 7. The van der Waals surface area contributed by atoms with E-state index in [0.717, 1.165) is 65.2 Å². The van der Waals surface area contributed by atoms with Gasteiger partial charge >= 0.3 is 0 Å².